The number of nitrogens with one attached hydrogen (secondary N) is 1. The molecule has 134 valence electrons. The summed E-state index contributed by atoms with van der Waals surface area (Å²) in [6, 6.07) is 20.5. The second-order valence-electron chi connectivity index (χ2n) is 5.79. The molecule has 1 amide bonds. The third-order valence-electron chi connectivity index (χ3n) is 3.87. The van der Waals surface area contributed by atoms with Crippen molar-refractivity contribution in [2.45, 2.75) is 5.75 Å². The molecular formula is C21H20FNO2S. The van der Waals surface area contributed by atoms with E-state index in [0.717, 1.165) is 16.5 Å². The van der Waals surface area contributed by atoms with E-state index in [-0.39, 0.29) is 18.3 Å². The molecule has 1 N–H and O–H groups in total. The standard InChI is InChI=1S/C21H20FNO2S/c22-20-8-4-3-7-18(20)15-26-12-11-23-21(24)14-25-19-10-9-16-5-1-2-6-17(16)13-19/h1-10,13H,11-12,14-15H2,(H,23,24). The molecule has 0 fully saturated rings. The Morgan fingerprint density at radius 2 is 1.77 bits per heavy atom. The minimum Gasteiger partial charge on any atom is -0.484 e. The molecule has 3 aromatic rings. The van der Waals surface area contributed by atoms with E-state index in [9.17, 15) is 9.18 Å². The lowest BCUT2D eigenvalue weighted by molar-refractivity contribution is -0.122. The van der Waals surface area contributed by atoms with E-state index in [1.807, 2.05) is 48.5 Å². The number of ether oxygens (including phenoxy) is 1. The van der Waals surface area contributed by atoms with Gasteiger partial charge in [0, 0.05) is 18.1 Å². The topological polar surface area (TPSA) is 38.3 Å². The number of hydrogen-bond acceptors (Lipinski definition) is 3. The first kappa shape index (κ1) is 18.3. The predicted octanol–water partition coefficient (Wildman–Crippen LogP) is 4.41. The molecule has 0 radical (unpaired) electrons. The van der Waals surface area contributed by atoms with Crippen LogP contribution in [-0.2, 0) is 10.5 Å². The van der Waals surface area contributed by atoms with Gasteiger partial charge >= 0.3 is 0 Å². The monoisotopic (exact) mass is 369 g/mol. The van der Waals surface area contributed by atoms with Gasteiger partial charge in [-0.05, 0) is 34.5 Å². The Morgan fingerprint density at radius 1 is 1.00 bits per heavy atom. The molecule has 0 aliphatic carbocycles. The van der Waals surface area contributed by atoms with Gasteiger partial charge < -0.3 is 10.1 Å². The van der Waals surface area contributed by atoms with Gasteiger partial charge in [0.1, 0.15) is 11.6 Å². The zero-order chi connectivity index (χ0) is 18.2. The van der Waals surface area contributed by atoms with Crippen molar-refractivity contribution in [3.8, 4) is 5.75 Å². The second kappa shape index (κ2) is 9.25. The molecular weight excluding hydrogens is 349 g/mol. The summed E-state index contributed by atoms with van der Waals surface area (Å²) in [4.78, 5) is 11.9. The van der Waals surface area contributed by atoms with Crippen molar-refractivity contribution in [3.05, 3.63) is 78.1 Å². The molecule has 0 saturated heterocycles. The largest absolute Gasteiger partial charge is 0.484 e. The van der Waals surface area contributed by atoms with Crippen LogP contribution in [0.4, 0.5) is 4.39 Å². The maximum Gasteiger partial charge on any atom is 0.257 e. The van der Waals surface area contributed by atoms with Crippen molar-refractivity contribution in [1.82, 2.24) is 5.32 Å². The van der Waals surface area contributed by atoms with Crippen LogP contribution in [0.15, 0.2) is 66.7 Å². The number of benzene rings is 3. The molecule has 0 heterocycles. The van der Waals surface area contributed by atoms with Gasteiger partial charge in [0.2, 0.25) is 0 Å². The van der Waals surface area contributed by atoms with Crippen LogP contribution in [0.25, 0.3) is 10.8 Å². The Morgan fingerprint density at radius 3 is 2.62 bits per heavy atom. The number of halogens is 1. The first-order valence-electron chi connectivity index (χ1n) is 8.42. The molecule has 0 saturated carbocycles. The van der Waals surface area contributed by atoms with Gasteiger partial charge in [-0.15, -0.1) is 0 Å². The van der Waals surface area contributed by atoms with Gasteiger partial charge in [0.05, 0.1) is 0 Å². The Balaban J connectivity index is 1.35. The van der Waals surface area contributed by atoms with E-state index in [1.54, 1.807) is 23.9 Å². The summed E-state index contributed by atoms with van der Waals surface area (Å²) in [5.41, 5.74) is 0.684. The third kappa shape index (κ3) is 5.23. The summed E-state index contributed by atoms with van der Waals surface area (Å²) >= 11 is 1.58. The Kier molecular flexibility index (Phi) is 6.50. The first-order chi connectivity index (χ1) is 12.7. The molecule has 0 aromatic heterocycles. The zero-order valence-electron chi connectivity index (χ0n) is 14.3. The SMILES string of the molecule is O=C(COc1ccc2ccccc2c1)NCCSCc1ccccc1F. The summed E-state index contributed by atoms with van der Waals surface area (Å²) in [6.07, 6.45) is 0. The Labute approximate surface area is 156 Å². The summed E-state index contributed by atoms with van der Waals surface area (Å²) < 4.78 is 19.0. The number of thioether (sulfide) groups is 1. The van der Waals surface area contributed by atoms with E-state index in [4.69, 9.17) is 4.74 Å². The number of fused-ring (bicyclic) bond motifs is 1. The molecule has 3 rings (SSSR count). The number of hydrogen-bond donors (Lipinski definition) is 1. The van der Waals surface area contributed by atoms with Gasteiger partial charge in [0.15, 0.2) is 6.61 Å². The van der Waals surface area contributed by atoms with Crippen molar-refractivity contribution in [2.75, 3.05) is 18.9 Å². The van der Waals surface area contributed by atoms with E-state index in [0.29, 0.717) is 23.6 Å². The highest BCUT2D eigenvalue weighted by Crippen LogP contribution is 2.20. The molecule has 26 heavy (non-hydrogen) atoms. The lowest BCUT2D eigenvalue weighted by atomic mass is 10.1. The number of amides is 1. The van der Waals surface area contributed by atoms with Crippen molar-refractivity contribution >= 4 is 28.4 Å². The minimum atomic E-state index is -0.187. The molecule has 5 heteroatoms. The van der Waals surface area contributed by atoms with Crippen LogP contribution >= 0.6 is 11.8 Å². The van der Waals surface area contributed by atoms with Crippen LogP contribution in [0, 0.1) is 5.82 Å². The normalized spacial score (nSPS) is 10.7. The van der Waals surface area contributed by atoms with E-state index in [1.165, 1.54) is 6.07 Å². The van der Waals surface area contributed by atoms with Crippen LogP contribution in [-0.4, -0.2) is 24.8 Å². The van der Waals surface area contributed by atoms with Crippen molar-refractivity contribution in [3.63, 3.8) is 0 Å². The van der Waals surface area contributed by atoms with Gasteiger partial charge in [-0.2, -0.15) is 11.8 Å². The van der Waals surface area contributed by atoms with E-state index >= 15 is 0 Å². The number of carbonyl (C=O) groups is 1. The minimum absolute atomic E-state index is 0.0175. The number of carbonyl (C=O) groups excluding carboxylic acids is 1. The molecule has 3 aromatic carbocycles. The van der Waals surface area contributed by atoms with Gasteiger partial charge in [0.25, 0.3) is 5.91 Å². The molecule has 3 nitrogen and oxygen atoms in total. The average molecular weight is 369 g/mol. The second-order valence-corrected chi connectivity index (χ2v) is 6.90. The molecule has 0 atom stereocenters. The third-order valence-corrected chi connectivity index (χ3v) is 4.88. The molecule has 0 unspecified atom stereocenters. The fourth-order valence-corrected chi connectivity index (χ4v) is 3.36. The van der Waals surface area contributed by atoms with Gasteiger partial charge in [-0.1, -0.05) is 48.5 Å². The number of rotatable bonds is 8. The lowest BCUT2D eigenvalue weighted by Gasteiger charge is -2.08. The summed E-state index contributed by atoms with van der Waals surface area (Å²) in [6.45, 7) is 0.509. The summed E-state index contributed by atoms with van der Waals surface area (Å²) in [5.74, 6) is 1.64. The van der Waals surface area contributed by atoms with E-state index < -0.39 is 0 Å². The van der Waals surface area contributed by atoms with Crippen LogP contribution < -0.4 is 10.1 Å². The lowest BCUT2D eigenvalue weighted by Crippen LogP contribution is -2.30. The fourth-order valence-electron chi connectivity index (χ4n) is 2.52. The predicted molar refractivity (Wildman–Crippen MR) is 105 cm³/mol. The van der Waals surface area contributed by atoms with Crippen LogP contribution in [0.3, 0.4) is 0 Å². The Hall–Kier alpha value is -2.53. The van der Waals surface area contributed by atoms with Crippen LogP contribution in [0.5, 0.6) is 5.75 Å². The zero-order valence-corrected chi connectivity index (χ0v) is 15.1. The first-order valence-corrected chi connectivity index (χ1v) is 9.57. The molecule has 0 bridgehead atoms. The van der Waals surface area contributed by atoms with Crippen molar-refractivity contribution in [1.29, 1.82) is 0 Å². The van der Waals surface area contributed by atoms with Crippen molar-refractivity contribution in [2.24, 2.45) is 0 Å². The van der Waals surface area contributed by atoms with Gasteiger partial charge in [-0.25, -0.2) is 4.39 Å². The summed E-state index contributed by atoms with van der Waals surface area (Å²) in [5, 5.41) is 5.03. The quantitative estimate of drug-likeness (QED) is 0.598. The maximum atomic E-state index is 13.5. The highest BCUT2D eigenvalue weighted by molar-refractivity contribution is 7.98. The van der Waals surface area contributed by atoms with Crippen LogP contribution in [0.1, 0.15) is 5.56 Å². The van der Waals surface area contributed by atoms with Crippen LogP contribution in [0.2, 0.25) is 0 Å². The molecule has 0 aliphatic rings. The average Bonchev–Trinajstić information content (AvgIpc) is 2.67. The van der Waals surface area contributed by atoms with E-state index in [2.05, 4.69) is 5.32 Å². The smallest absolute Gasteiger partial charge is 0.257 e. The summed E-state index contributed by atoms with van der Waals surface area (Å²) in [7, 11) is 0. The molecule has 0 aliphatic heterocycles. The fraction of sp³-hybridized carbons (Fsp3) is 0.190. The van der Waals surface area contributed by atoms with Crippen molar-refractivity contribution < 1.29 is 13.9 Å². The highest BCUT2D eigenvalue weighted by Gasteiger charge is 2.04. The highest BCUT2D eigenvalue weighted by atomic mass is 32.2. The maximum absolute atomic E-state index is 13.5. The van der Waals surface area contributed by atoms with Gasteiger partial charge in [-0.3, -0.25) is 4.79 Å². The molecule has 0 spiro atoms. The Bertz CT molecular complexity index is 885.